The first kappa shape index (κ1) is 23.1. The summed E-state index contributed by atoms with van der Waals surface area (Å²) < 4.78 is 26.9. The average Bonchev–Trinajstić information content (AvgIpc) is 2.69. The molecule has 1 amide bonds. The Kier molecular flexibility index (Phi) is 9.17. The third kappa shape index (κ3) is 6.70. The highest BCUT2D eigenvalue weighted by molar-refractivity contribution is 7.88. The molecule has 28 heavy (non-hydrogen) atoms. The monoisotopic (exact) mass is 430 g/mol. The van der Waals surface area contributed by atoms with Crippen LogP contribution in [0.15, 0.2) is 30.3 Å². The predicted molar refractivity (Wildman–Crippen MR) is 113 cm³/mol. The zero-order valence-corrected chi connectivity index (χ0v) is 17.8. The van der Waals surface area contributed by atoms with Gasteiger partial charge in [0.1, 0.15) is 0 Å². The summed E-state index contributed by atoms with van der Waals surface area (Å²) in [5, 5.41) is 6.31. The summed E-state index contributed by atoms with van der Waals surface area (Å²) in [5.41, 5.74) is 0.778. The Labute approximate surface area is 174 Å². The summed E-state index contributed by atoms with van der Waals surface area (Å²) in [6.45, 7) is 6.24. The molecule has 0 spiro atoms. The molecule has 158 valence electrons. The minimum absolute atomic E-state index is 0. The van der Waals surface area contributed by atoms with Gasteiger partial charge in [-0.15, -0.1) is 12.4 Å². The van der Waals surface area contributed by atoms with Crippen molar-refractivity contribution >= 4 is 28.3 Å². The molecule has 0 aliphatic carbocycles. The lowest BCUT2D eigenvalue weighted by atomic mass is 9.99. The predicted octanol–water partition coefficient (Wildman–Crippen LogP) is 0.672. The molecule has 2 N–H and O–H groups in total. The lowest BCUT2D eigenvalue weighted by Crippen LogP contribution is -2.48. The lowest BCUT2D eigenvalue weighted by Gasteiger charge is -2.31. The zero-order chi connectivity index (χ0) is 19.1. The van der Waals surface area contributed by atoms with E-state index in [1.54, 1.807) is 0 Å². The first-order valence-electron chi connectivity index (χ1n) is 9.77. The number of nitrogens with one attached hydrogen (secondary N) is 2. The van der Waals surface area contributed by atoms with Crippen LogP contribution in [0.4, 0.5) is 0 Å². The summed E-state index contributed by atoms with van der Waals surface area (Å²) in [6.07, 6.45) is 1.47. The molecule has 0 bridgehead atoms. The third-order valence-electron chi connectivity index (χ3n) is 5.28. The second-order valence-corrected chi connectivity index (χ2v) is 9.29. The van der Waals surface area contributed by atoms with E-state index in [4.69, 9.17) is 0 Å². The van der Waals surface area contributed by atoms with Crippen LogP contribution >= 0.6 is 12.4 Å². The smallest absolute Gasteiger partial charge is 0.224 e. The van der Waals surface area contributed by atoms with E-state index in [9.17, 15) is 13.2 Å². The molecule has 2 heterocycles. The van der Waals surface area contributed by atoms with E-state index in [2.05, 4.69) is 15.5 Å². The molecule has 2 aliphatic rings. The van der Waals surface area contributed by atoms with Crippen LogP contribution in [0.25, 0.3) is 0 Å². The van der Waals surface area contributed by atoms with Crippen molar-refractivity contribution in [3.05, 3.63) is 35.9 Å². The molecule has 2 fully saturated rings. The summed E-state index contributed by atoms with van der Waals surface area (Å²) in [5.74, 6) is -0.289. The van der Waals surface area contributed by atoms with Crippen LogP contribution in [-0.4, -0.2) is 75.9 Å². The van der Waals surface area contributed by atoms with Gasteiger partial charge in [0.2, 0.25) is 15.9 Å². The van der Waals surface area contributed by atoms with Gasteiger partial charge in [-0.05, 0) is 18.4 Å². The van der Waals surface area contributed by atoms with Crippen LogP contribution in [-0.2, 0) is 20.6 Å². The number of benzene rings is 1. The highest BCUT2D eigenvalue weighted by Gasteiger charge is 2.32. The van der Waals surface area contributed by atoms with Crippen molar-refractivity contribution in [1.82, 2.24) is 19.8 Å². The molecule has 1 atom stereocenters. The molecule has 2 aliphatic heterocycles. The van der Waals surface area contributed by atoms with Gasteiger partial charge in [0, 0.05) is 52.4 Å². The van der Waals surface area contributed by atoms with Gasteiger partial charge in [0.05, 0.1) is 11.7 Å². The number of piperazine rings is 1. The second kappa shape index (κ2) is 11.1. The van der Waals surface area contributed by atoms with Gasteiger partial charge in [-0.25, -0.2) is 12.7 Å². The van der Waals surface area contributed by atoms with Crippen molar-refractivity contribution in [1.29, 1.82) is 0 Å². The molecule has 9 heteroatoms. The van der Waals surface area contributed by atoms with Gasteiger partial charge in [0.25, 0.3) is 0 Å². The van der Waals surface area contributed by atoms with Gasteiger partial charge in [-0.3, -0.25) is 9.69 Å². The van der Waals surface area contributed by atoms with Gasteiger partial charge in [-0.2, -0.15) is 0 Å². The number of hydrogen-bond donors (Lipinski definition) is 2. The average molecular weight is 431 g/mol. The topological polar surface area (TPSA) is 81.8 Å². The lowest BCUT2D eigenvalue weighted by molar-refractivity contribution is -0.126. The standard InChI is InChI=1S/C19H30N4O3S.ClH/c24-19(21-10-14-22-12-8-20-9-13-22)18-7-4-11-23(15-18)27(25,26)16-17-5-2-1-3-6-17;/h1-3,5-6,18,20H,4,7-16H2,(H,21,24);1H. The molecular formula is C19H31ClN4O3S. The molecule has 3 rings (SSSR count). The molecule has 0 radical (unpaired) electrons. The van der Waals surface area contributed by atoms with Crippen molar-refractivity contribution in [2.75, 3.05) is 52.4 Å². The molecule has 1 unspecified atom stereocenters. The molecule has 0 aromatic heterocycles. The van der Waals surface area contributed by atoms with Crippen molar-refractivity contribution in [2.24, 2.45) is 5.92 Å². The van der Waals surface area contributed by atoms with Crippen LogP contribution < -0.4 is 10.6 Å². The quantitative estimate of drug-likeness (QED) is 0.664. The third-order valence-corrected chi connectivity index (χ3v) is 7.09. The molecule has 0 saturated carbocycles. The highest BCUT2D eigenvalue weighted by atomic mass is 35.5. The summed E-state index contributed by atoms with van der Waals surface area (Å²) in [6, 6.07) is 9.20. The maximum absolute atomic E-state index is 12.7. The van der Waals surface area contributed by atoms with Gasteiger partial charge in [-0.1, -0.05) is 30.3 Å². The van der Waals surface area contributed by atoms with E-state index >= 15 is 0 Å². The number of carbonyl (C=O) groups excluding carboxylic acids is 1. The summed E-state index contributed by atoms with van der Waals surface area (Å²) in [7, 11) is -3.40. The Hall–Kier alpha value is -1.19. The molecule has 7 nitrogen and oxygen atoms in total. The first-order valence-corrected chi connectivity index (χ1v) is 11.4. The summed E-state index contributed by atoms with van der Waals surface area (Å²) >= 11 is 0. The van der Waals surface area contributed by atoms with Gasteiger partial charge in [0.15, 0.2) is 0 Å². The maximum atomic E-state index is 12.7. The van der Waals surface area contributed by atoms with Crippen molar-refractivity contribution in [2.45, 2.75) is 18.6 Å². The van der Waals surface area contributed by atoms with Crippen LogP contribution in [0.5, 0.6) is 0 Å². The van der Waals surface area contributed by atoms with Crippen LogP contribution in [0.1, 0.15) is 18.4 Å². The summed E-state index contributed by atoms with van der Waals surface area (Å²) in [4.78, 5) is 14.8. The molecule has 1 aromatic rings. The van der Waals surface area contributed by atoms with E-state index in [0.717, 1.165) is 51.1 Å². The number of halogens is 1. The number of sulfonamides is 1. The number of hydrogen-bond acceptors (Lipinski definition) is 5. The fraction of sp³-hybridized carbons (Fsp3) is 0.632. The van der Waals surface area contributed by atoms with Gasteiger partial charge >= 0.3 is 0 Å². The van der Waals surface area contributed by atoms with Crippen molar-refractivity contribution < 1.29 is 13.2 Å². The van der Waals surface area contributed by atoms with Gasteiger partial charge < -0.3 is 10.6 Å². The zero-order valence-electron chi connectivity index (χ0n) is 16.2. The second-order valence-electron chi connectivity index (χ2n) is 7.32. The highest BCUT2D eigenvalue weighted by Crippen LogP contribution is 2.21. The Morgan fingerprint density at radius 3 is 2.57 bits per heavy atom. The van der Waals surface area contributed by atoms with Crippen molar-refractivity contribution in [3.8, 4) is 0 Å². The minimum atomic E-state index is -3.40. The fourth-order valence-corrected chi connectivity index (χ4v) is 5.31. The SMILES string of the molecule is Cl.O=C(NCCN1CCNCC1)C1CCCN(S(=O)(=O)Cc2ccccc2)C1. The normalized spacial score (nSPS) is 21.6. The maximum Gasteiger partial charge on any atom is 0.224 e. The van der Waals surface area contributed by atoms with E-state index < -0.39 is 10.0 Å². The minimum Gasteiger partial charge on any atom is -0.355 e. The molecular weight excluding hydrogens is 400 g/mol. The Bertz CT molecular complexity index is 711. The Morgan fingerprint density at radius 2 is 1.86 bits per heavy atom. The van der Waals surface area contributed by atoms with E-state index in [-0.39, 0.29) is 36.5 Å². The largest absolute Gasteiger partial charge is 0.355 e. The molecule has 2 saturated heterocycles. The number of piperidine rings is 1. The number of rotatable bonds is 7. The first-order chi connectivity index (χ1) is 13.0. The fourth-order valence-electron chi connectivity index (χ4n) is 3.70. The Morgan fingerprint density at radius 1 is 1.14 bits per heavy atom. The number of carbonyl (C=O) groups is 1. The van der Waals surface area contributed by atoms with E-state index in [0.29, 0.717) is 13.1 Å². The number of nitrogens with zero attached hydrogens (tertiary/aromatic N) is 2. The number of amides is 1. The van der Waals surface area contributed by atoms with E-state index in [1.807, 2.05) is 30.3 Å². The van der Waals surface area contributed by atoms with Crippen molar-refractivity contribution in [3.63, 3.8) is 0 Å². The Balaban J connectivity index is 0.00000280. The molecule has 1 aromatic carbocycles. The van der Waals surface area contributed by atoms with Crippen LogP contribution in [0.3, 0.4) is 0 Å². The van der Waals surface area contributed by atoms with Crippen LogP contribution in [0.2, 0.25) is 0 Å². The van der Waals surface area contributed by atoms with E-state index in [1.165, 1.54) is 4.31 Å². The van der Waals surface area contributed by atoms with Crippen LogP contribution in [0, 0.1) is 5.92 Å².